The average Bonchev–Trinajstić information content (AvgIpc) is 2.60. The second kappa shape index (κ2) is 7.22. The van der Waals surface area contributed by atoms with Crippen molar-refractivity contribution in [2.24, 2.45) is 5.73 Å². The lowest BCUT2D eigenvalue weighted by Gasteiger charge is -2.34. The highest BCUT2D eigenvalue weighted by Gasteiger charge is 2.29. The van der Waals surface area contributed by atoms with Gasteiger partial charge in [-0.3, -0.25) is 4.90 Å². The quantitative estimate of drug-likeness (QED) is 0.878. The number of benzene rings is 1. The molecular weight excluding hydrogens is 352 g/mol. The maximum absolute atomic E-state index is 11.8. The summed E-state index contributed by atoms with van der Waals surface area (Å²) in [5.41, 5.74) is 7.49. The summed E-state index contributed by atoms with van der Waals surface area (Å²) in [6, 6.07) is 8.22. The van der Waals surface area contributed by atoms with E-state index in [-0.39, 0.29) is 23.6 Å². The molecule has 1 saturated heterocycles. The molecule has 2 N–H and O–H groups in total. The van der Waals surface area contributed by atoms with Crippen molar-refractivity contribution in [3.63, 3.8) is 0 Å². The normalized spacial score (nSPS) is 22.4. The van der Waals surface area contributed by atoms with Crippen LogP contribution in [0.4, 0.5) is 0 Å². The lowest BCUT2D eigenvalue weighted by atomic mass is 9.96. The van der Waals surface area contributed by atoms with E-state index in [0.29, 0.717) is 13.0 Å². The first kappa shape index (κ1) is 16.9. The predicted octanol–water partition coefficient (Wildman–Crippen LogP) is 2.35. The van der Waals surface area contributed by atoms with E-state index in [9.17, 15) is 8.42 Å². The van der Waals surface area contributed by atoms with Gasteiger partial charge in [0.25, 0.3) is 0 Å². The van der Waals surface area contributed by atoms with E-state index >= 15 is 0 Å². The third kappa shape index (κ3) is 4.52. The van der Waals surface area contributed by atoms with Crippen molar-refractivity contribution in [1.29, 1.82) is 0 Å². The molecule has 2 atom stereocenters. The molecule has 0 saturated carbocycles. The second-order valence-corrected chi connectivity index (χ2v) is 8.83. The molecule has 0 bridgehead atoms. The molecule has 21 heavy (non-hydrogen) atoms. The van der Waals surface area contributed by atoms with Crippen LogP contribution >= 0.6 is 15.9 Å². The first-order valence-electron chi connectivity index (χ1n) is 7.38. The number of halogens is 1. The van der Waals surface area contributed by atoms with Crippen molar-refractivity contribution in [2.45, 2.75) is 31.8 Å². The summed E-state index contributed by atoms with van der Waals surface area (Å²) < 4.78 is 24.6. The molecule has 2 unspecified atom stereocenters. The van der Waals surface area contributed by atoms with Gasteiger partial charge in [0, 0.05) is 23.1 Å². The topological polar surface area (TPSA) is 63.4 Å². The Morgan fingerprint density at radius 3 is 2.76 bits per heavy atom. The van der Waals surface area contributed by atoms with Gasteiger partial charge in [-0.05, 0) is 37.1 Å². The van der Waals surface area contributed by atoms with Gasteiger partial charge in [0.05, 0.1) is 11.5 Å². The highest BCUT2D eigenvalue weighted by atomic mass is 79.9. The van der Waals surface area contributed by atoms with Gasteiger partial charge >= 0.3 is 0 Å². The third-order valence-electron chi connectivity index (χ3n) is 4.05. The average molecular weight is 375 g/mol. The molecule has 1 aliphatic rings. The fraction of sp³-hybridized carbons (Fsp3) is 0.600. The van der Waals surface area contributed by atoms with Gasteiger partial charge < -0.3 is 5.73 Å². The lowest BCUT2D eigenvalue weighted by Crippen LogP contribution is -2.42. The van der Waals surface area contributed by atoms with Gasteiger partial charge in [-0.15, -0.1) is 0 Å². The van der Waals surface area contributed by atoms with E-state index in [1.54, 1.807) is 0 Å². The van der Waals surface area contributed by atoms with E-state index < -0.39 is 9.84 Å². The minimum Gasteiger partial charge on any atom is -0.326 e. The Bertz CT molecular complexity index is 577. The zero-order chi connectivity index (χ0) is 15.5. The standard InChI is InChI=1S/C15H23BrN2O2S/c1-2-14(17)15(12-5-3-6-13(16)11-12)18-7-4-9-21(19,20)10-8-18/h3,5-6,11,14-15H,2,4,7-10,17H2,1H3. The molecule has 1 aliphatic heterocycles. The number of sulfone groups is 1. The highest BCUT2D eigenvalue weighted by molar-refractivity contribution is 9.10. The number of nitrogens with zero attached hydrogens (tertiary/aromatic N) is 1. The van der Waals surface area contributed by atoms with E-state index in [1.165, 1.54) is 0 Å². The summed E-state index contributed by atoms with van der Waals surface area (Å²) in [6.07, 6.45) is 1.55. The molecule has 1 aromatic carbocycles. The Hall–Kier alpha value is -0.430. The largest absolute Gasteiger partial charge is 0.326 e. The highest BCUT2D eigenvalue weighted by Crippen LogP contribution is 2.28. The zero-order valence-corrected chi connectivity index (χ0v) is 14.7. The molecule has 0 spiro atoms. The van der Waals surface area contributed by atoms with Crippen LogP contribution in [-0.2, 0) is 9.84 Å². The molecule has 1 heterocycles. The molecule has 0 aromatic heterocycles. The zero-order valence-electron chi connectivity index (χ0n) is 12.3. The predicted molar refractivity (Wildman–Crippen MR) is 90.0 cm³/mol. The van der Waals surface area contributed by atoms with E-state index in [0.717, 1.165) is 23.0 Å². The fourth-order valence-corrected chi connectivity index (χ4v) is 4.58. The van der Waals surface area contributed by atoms with Crippen molar-refractivity contribution in [1.82, 2.24) is 4.90 Å². The van der Waals surface area contributed by atoms with Crippen LogP contribution in [0.5, 0.6) is 0 Å². The van der Waals surface area contributed by atoms with E-state index in [4.69, 9.17) is 5.73 Å². The summed E-state index contributed by atoms with van der Waals surface area (Å²) in [4.78, 5) is 2.24. The molecule has 1 aromatic rings. The van der Waals surface area contributed by atoms with Crippen LogP contribution in [0.3, 0.4) is 0 Å². The van der Waals surface area contributed by atoms with Crippen LogP contribution in [0.25, 0.3) is 0 Å². The lowest BCUT2D eigenvalue weighted by molar-refractivity contribution is 0.182. The van der Waals surface area contributed by atoms with Crippen LogP contribution < -0.4 is 5.73 Å². The van der Waals surface area contributed by atoms with Gasteiger partial charge in [-0.1, -0.05) is 35.0 Å². The first-order valence-corrected chi connectivity index (χ1v) is 10.00. The summed E-state index contributed by atoms with van der Waals surface area (Å²) in [6.45, 7) is 3.42. The van der Waals surface area contributed by atoms with Crippen LogP contribution in [0.2, 0.25) is 0 Å². The van der Waals surface area contributed by atoms with Gasteiger partial charge in [0.1, 0.15) is 0 Å². The van der Waals surface area contributed by atoms with Crippen LogP contribution in [0.1, 0.15) is 31.4 Å². The number of rotatable bonds is 4. The number of nitrogens with two attached hydrogens (primary N) is 1. The summed E-state index contributed by atoms with van der Waals surface area (Å²) >= 11 is 3.50. The van der Waals surface area contributed by atoms with Gasteiger partial charge in [-0.2, -0.15) is 0 Å². The third-order valence-corrected chi connectivity index (χ3v) is 6.26. The van der Waals surface area contributed by atoms with Gasteiger partial charge in [-0.25, -0.2) is 8.42 Å². The molecule has 118 valence electrons. The van der Waals surface area contributed by atoms with Crippen LogP contribution in [0.15, 0.2) is 28.7 Å². The molecule has 2 rings (SSSR count). The minimum absolute atomic E-state index is 0.0000964. The Morgan fingerprint density at radius 1 is 1.33 bits per heavy atom. The smallest absolute Gasteiger partial charge is 0.151 e. The van der Waals surface area contributed by atoms with Crippen molar-refractivity contribution in [2.75, 3.05) is 24.6 Å². The summed E-state index contributed by atoms with van der Waals surface area (Å²) in [5, 5.41) is 0. The van der Waals surface area contributed by atoms with Crippen LogP contribution in [0, 0.1) is 0 Å². The minimum atomic E-state index is -2.90. The monoisotopic (exact) mass is 374 g/mol. The van der Waals surface area contributed by atoms with E-state index in [1.807, 2.05) is 12.1 Å². The molecule has 0 radical (unpaired) electrons. The maximum Gasteiger partial charge on any atom is 0.151 e. The number of hydrogen-bond acceptors (Lipinski definition) is 4. The van der Waals surface area contributed by atoms with Crippen molar-refractivity contribution < 1.29 is 8.42 Å². The van der Waals surface area contributed by atoms with Crippen molar-refractivity contribution in [3.8, 4) is 0 Å². The van der Waals surface area contributed by atoms with E-state index in [2.05, 4.69) is 39.9 Å². The molecule has 0 amide bonds. The fourth-order valence-electron chi connectivity index (χ4n) is 2.88. The molecule has 6 heteroatoms. The van der Waals surface area contributed by atoms with Crippen LogP contribution in [-0.4, -0.2) is 44.0 Å². The Morgan fingerprint density at radius 2 is 2.10 bits per heavy atom. The first-order chi connectivity index (χ1) is 9.93. The second-order valence-electron chi connectivity index (χ2n) is 5.61. The molecule has 0 aliphatic carbocycles. The summed E-state index contributed by atoms with van der Waals surface area (Å²) in [5.74, 6) is 0.518. The van der Waals surface area contributed by atoms with Crippen molar-refractivity contribution in [3.05, 3.63) is 34.3 Å². The summed E-state index contributed by atoms with van der Waals surface area (Å²) in [7, 11) is -2.90. The SMILES string of the molecule is CCC(N)C(c1cccc(Br)c1)N1CCCS(=O)(=O)CC1. The Labute approximate surface area is 135 Å². The molecular formula is C15H23BrN2O2S. The number of hydrogen-bond donors (Lipinski definition) is 1. The van der Waals surface area contributed by atoms with Crippen molar-refractivity contribution >= 4 is 25.8 Å². The maximum atomic E-state index is 11.8. The molecule has 1 fully saturated rings. The van der Waals surface area contributed by atoms with Gasteiger partial charge in [0.15, 0.2) is 9.84 Å². The molecule has 4 nitrogen and oxygen atoms in total. The van der Waals surface area contributed by atoms with Gasteiger partial charge in [0.2, 0.25) is 0 Å². The Balaban J connectivity index is 2.28. The Kier molecular flexibility index (Phi) is 5.82.